The van der Waals surface area contributed by atoms with Gasteiger partial charge in [-0.15, -0.1) is 0 Å². The van der Waals surface area contributed by atoms with Gasteiger partial charge in [0.15, 0.2) is 0 Å². The van der Waals surface area contributed by atoms with Crippen molar-refractivity contribution in [3.8, 4) is 5.75 Å². The number of hydrogen-bond donors (Lipinski definition) is 2. The number of carboxylic acids is 1. The number of nitrogens with one attached hydrogen (secondary N) is 1. The summed E-state index contributed by atoms with van der Waals surface area (Å²) in [5.74, 6) is -0.676. The molecule has 7 heteroatoms. The molecule has 0 spiro atoms. The Labute approximate surface area is 106 Å². The van der Waals surface area contributed by atoms with Gasteiger partial charge >= 0.3 is 5.97 Å². The lowest BCUT2D eigenvalue weighted by Crippen LogP contribution is -2.30. The molecule has 0 aliphatic rings. The maximum atomic E-state index is 12.0. The second-order valence-corrected chi connectivity index (χ2v) is 5.51. The van der Waals surface area contributed by atoms with Gasteiger partial charge in [-0.3, -0.25) is 4.79 Å². The molecule has 6 nitrogen and oxygen atoms in total. The van der Waals surface area contributed by atoms with Crippen LogP contribution in [0.25, 0.3) is 0 Å². The molecule has 0 saturated carbocycles. The molecule has 0 atom stereocenters. The third kappa shape index (κ3) is 3.21. The summed E-state index contributed by atoms with van der Waals surface area (Å²) in [6.07, 6.45) is 0. The van der Waals surface area contributed by atoms with Crippen molar-refractivity contribution >= 4 is 16.0 Å². The van der Waals surface area contributed by atoms with E-state index in [2.05, 4.69) is 0 Å². The Morgan fingerprint density at radius 3 is 2.22 bits per heavy atom. The van der Waals surface area contributed by atoms with E-state index < -0.39 is 22.5 Å². The monoisotopic (exact) mass is 273 g/mol. The Bertz CT molecular complexity index is 542. The molecular weight excluding hydrogens is 258 g/mol. The first-order valence-corrected chi connectivity index (χ1v) is 6.63. The fourth-order valence-electron chi connectivity index (χ4n) is 1.68. The molecule has 1 rings (SSSR count). The zero-order valence-corrected chi connectivity index (χ0v) is 11.2. The van der Waals surface area contributed by atoms with Gasteiger partial charge in [0.2, 0.25) is 10.0 Å². The summed E-state index contributed by atoms with van der Waals surface area (Å²) in [7, 11) is -2.34. The Balaban J connectivity index is 3.20. The van der Waals surface area contributed by atoms with Crippen LogP contribution in [0.15, 0.2) is 17.0 Å². The SMILES string of the molecule is COc1cc(C)c(S(=O)(=O)NCC(=O)O)c(C)c1. The molecular formula is C11H15NO5S. The first-order valence-electron chi connectivity index (χ1n) is 5.14. The van der Waals surface area contributed by atoms with Gasteiger partial charge in [-0.05, 0) is 37.1 Å². The van der Waals surface area contributed by atoms with Crippen LogP contribution in [0.5, 0.6) is 5.75 Å². The maximum absolute atomic E-state index is 12.0. The van der Waals surface area contributed by atoms with E-state index in [4.69, 9.17) is 9.84 Å². The van der Waals surface area contributed by atoms with E-state index in [0.717, 1.165) is 0 Å². The highest BCUT2D eigenvalue weighted by Gasteiger charge is 2.21. The molecule has 0 amide bonds. The lowest BCUT2D eigenvalue weighted by Gasteiger charge is -2.12. The molecule has 0 radical (unpaired) electrons. The molecule has 0 bridgehead atoms. The summed E-state index contributed by atoms with van der Waals surface area (Å²) in [5.41, 5.74) is 1.01. The summed E-state index contributed by atoms with van der Waals surface area (Å²) in [6, 6.07) is 3.17. The normalized spacial score (nSPS) is 11.3. The molecule has 0 aliphatic carbocycles. The Hall–Kier alpha value is -1.60. The second kappa shape index (κ2) is 5.36. The van der Waals surface area contributed by atoms with Gasteiger partial charge in [-0.1, -0.05) is 0 Å². The fourth-order valence-corrected chi connectivity index (χ4v) is 3.10. The van der Waals surface area contributed by atoms with Crippen LogP contribution < -0.4 is 9.46 Å². The first kappa shape index (κ1) is 14.5. The molecule has 0 aromatic heterocycles. The van der Waals surface area contributed by atoms with Gasteiger partial charge < -0.3 is 9.84 Å². The van der Waals surface area contributed by atoms with Crippen LogP contribution in [0, 0.1) is 13.8 Å². The lowest BCUT2D eigenvalue weighted by molar-refractivity contribution is -0.135. The molecule has 0 fully saturated rings. The molecule has 0 heterocycles. The average molecular weight is 273 g/mol. The van der Waals surface area contributed by atoms with E-state index in [1.807, 2.05) is 4.72 Å². The van der Waals surface area contributed by atoms with Gasteiger partial charge in [0.05, 0.1) is 12.0 Å². The van der Waals surface area contributed by atoms with Crippen molar-refractivity contribution in [3.63, 3.8) is 0 Å². The van der Waals surface area contributed by atoms with Crippen molar-refractivity contribution in [1.29, 1.82) is 0 Å². The minimum absolute atomic E-state index is 0.0875. The average Bonchev–Trinajstić information content (AvgIpc) is 2.25. The quantitative estimate of drug-likeness (QED) is 0.822. The fraction of sp³-hybridized carbons (Fsp3) is 0.364. The molecule has 1 aromatic rings. The second-order valence-electron chi connectivity index (χ2n) is 3.81. The van der Waals surface area contributed by atoms with Crippen molar-refractivity contribution in [2.24, 2.45) is 0 Å². The Kier molecular flexibility index (Phi) is 4.31. The van der Waals surface area contributed by atoms with Crippen molar-refractivity contribution in [3.05, 3.63) is 23.3 Å². The number of carboxylic acid groups (broad SMARTS) is 1. The lowest BCUT2D eigenvalue weighted by atomic mass is 10.1. The van der Waals surface area contributed by atoms with Crippen LogP contribution in [-0.4, -0.2) is 33.1 Å². The molecule has 0 unspecified atom stereocenters. The molecule has 1 aromatic carbocycles. The number of ether oxygens (including phenoxy) is 1. The van der Waals surface area contributed by atoms with Gasteiger partial charge in [-0.25, -0.2) is 8.42 Å². The van der Waals surface area contributed by atoms with Crippen LogP contribution in [0.4, 0.5) is 0 Å². The summed E-state index contributed by atoms with van der Waals surface area (Å²) >= 11 is 0. The number of carbonyl (C=O) groups is 1. The van der Waals surface area contributed by atoms with Gasteiger partial charge in [0.1, 0.15) is 12.3 Å². The maximum Gasteiger partial charge on any atom is 0.318 e. The first-order chi connectivity index (χ1) is 8.27. The van der Waals surface area contributed by atoms with E-state index in [1.165, 1.54) is 7.11 Å². The van der Waals surface area contributed by atoms with Crippen LogP contribution in [-0.2, 0) is 14.8 Å². The summed E-state index contributed by atoms with van der Waals surface area (Å²) < 4.78 is 31.0. The third-order valence-electron chi connectivity index (χ3n) is 2.35. The number of benzene rings is 1. The smallest absolute Gasteiger partial charge is 0.318 e. The molecule has 100 valence electrons. The molecule has 0 aliphatic heterocycles. The predicted octanol–water partition coefficient (Wildman–Crippen LogP) is 0.675. The van der Waals surface area contributed by atoms with Crippen molar-refractivity contribution in [2.45, 2.75) is 18.7 Å². The minimum atomic E-state index is -3.83. The van der Waals surface area contributed by atoms with E-state index in [-0.39, 0.29) is 4.90 Å². The summed E-state index contributed by atoms with van der Waals surface area (Å²) in [4.78, 5) is 10.5. The van der Waals surface area contributed by atoms with Crippen LogP contribution in [0.2, 0.25) is 0 Å². The third-order valence-corrected chi connectivity index (χ3v) is 4.06. The Morgan fingerprint density at radius 2 is 1.83 bits per heavy atom. The summed E-state index contributed by atoms with van der Waals surface area (Å²) in [5, 5.41) is 8.50. The highest BCUT2D eigenvalue weighted by Crippen LogP contribution is 2.25. The molecule has 0 saturated heterocycles. The van der Waals surface area contributed by atoms with E-state index in [1.54, 1.807) is 26.0 Å². The van der Waals surface area contributed by atoms with Gasteiger partial charge in [0, 0.05) is 0 Å². The number of sulfonamides is 1. The number of hydrogen-bond acceptors (Lipinski definition) is 4. The van der Waals surface area contributed by atoms with E-state index in [0.29, 0.717) is 16.9 Å². The van der Waals surface area contributed by atoms with Crippen molar-refractivity contribution in [2.75, 3.05) is 13.7 Å². The summed E-state index contributed by atoms with van der Waals surface area (Å²) in [6.45, 7) is 2.61. The highest BCUT2D eigenvalue weighted by molar-refractivity contribution is 7.89. The van der Waals surface area contributed by atoms with Crippen LogP contribution >= 0.6 is 0 Å². The number of methoxy groups -OCH3 is 1. The Morgan fingerprint density at radius 1 is 1.33 bits per heavy atom. The minimum Gasteiger partial charge on any atom is -0.497 e. The number of aliphatic carboxylic acids is 1. The zero-order valence-electron chi connectivity index (χ0n) is 10.4. The van der Waals surface area contributed by atoms with Gasteiger partial charge in [0.25, 0.3) is 0 Å². The number of aryl methyl sites for hydroxylation is 2. The van der Waals surface area contributed by atoms with Crippen molar-refractivity contribution < 1.29 is 23.1 Å². The number of rotatable bonds is 5. The van der Waals surface area contributed by atoms with E-state index >= 15 is 0 Å². The van der Waals surface area contributed by atoms with Gasteiger partial charge in [-0.2, -0.15) is 4.72 Å². The topological polar surface area (TPSA) is 92.7 Å². The van der Waals surface area contributed by atoms with Crippen molar-refractivity contribution in [1.82, 2.24) is 4.72 Å². The van der Waals surface area contributed by atoms with Crippen LogP contribution in [0.3, 0.4) is 0 Å². The largest absolute Gasteiger partial charge is 0.497 e. The zero-order chi connectivity index (χ0) is 13.9. The van der Waals surface area contributed by atoms with Crippen LogP contribution in [0.1, 0.15) is 11.1 Å². The molecule has 2 N–H and O–H groups in total. The predicted molar refractivity (Wildman–Crippen MR) is 65.3 cm³/mol. The standard InChI is InChI=1S/C11H15NO5S/c1-7-4-9(17-3)5-8(2)11(7)18(15,16)12-6-10(13)14/h4-5,12H,6H2,1-3H3,(H,13,14). The highest BCUT2D eigenvalue weighted by atomic mass is 32.2. The van der Waals surface area contributed by atoms with E-state index in [9.17, 15) is 13.2 Å². The molecule has 18 heavy (non-hydrogen) atoms.